The summed E-state index contributed by atoms with van der Waals surface area (Å²) in [5.74, 6) is -1.27. The molecule has 2 amide bonds. The highest BCUT2D eigenvalue weighted by Crippen LogP contribution is 2.33. The Bertz CT molecular complexity index is 2250. The van der Waals surface area contributed by atoms with Gasteiger partial charge in [-0.15, -0.1) is 0 Å². The van der Waals surface area contributed by atoms with E-state index >= 15 is 0 Å². The van der Waals surface area contributed by atoms with Crippen molar-refractivity contribution >= 4 is 28.7 Å². The van der Waals surface area contributed by atoms with E-state index in [1.54, 1.807) is 83.8 Å². The molecule has 6 rings (SSSR count). The number of benzene rings is 4. The zero-order valence-electron chi connectivity index (χ0n) is 30.7. The number of nitrogens with one attached hydrogen (secondary N) is 3. The fourth-order valence-corrected chi connectivity index (χ4v) is 6.88. The van der Waals surface area contributed by atoms with Crippen molar-refractivity contribution in [1.82, 2.24) is 20.5 Å². The molecule has 0 radical (unpaired) electrons. The van der Waals surface area contributed by atoms with Crippen molar-refractivity contribution < 1.29 is 44.3 Å². The number of aliphatic carboxylic acids is 1. The van der Waals surface area contributed by atoms with Crippen molar-refractivity contribution in [2.24, 2.45) is 5.92 Å². The summed E-state index contributed by atoms with van der Waals surface area (Å²) in [6.07, 6.45) is 0.413. The standard InChI is InChI=1S/C42H44N4O10/c1-55-36-20-27(22-43-23-35(48)31-12-14-34(47)39-32(31)13-15-37(49)45-39)10-11-33(36)40(51)44-24-38(50)46-18-16-26(17-19-46)25-56-30-9-5-8-29(21-30)42(54,41(52)53)28-6-3-2-4-7-28/h2-15,20-21,26,35,43,47-48,54H,16-19,22-25H2,1H3,(H,44,51)(H,45,49)(H,52,53)/t35-,42-/m0/s1. The van der Waals surface area contributed by atoms with Crippen LogP contribution in [0.3, 0.4) is 0 Å². The van der Waals surface area contributed by atoms with Gasteiger partial charge in [-0.1, -0.05) is 54.6 Å². The number of fused-ring (bicyclic) bond motifs is 1. The predicted octanol–water partition coefficient (Wildman–Crippen LogP) is 3.43. The van der Waals surface area contributed by atoms with Crippen LogP contribution in [-0.4, -0.2) is 88.0 Å². The fourth-order valence-electron chi connectivity index (χ4n) is 6.88. The number of piperidine rings is 1. The monoisotopic (exact) mass is 764 g/mol. The summed E-state index contributed by atoms with van der Waals surface area (Å²) >= 11 is 0. The molecule has 0 bridgehead atoms. The van der Waals surface area contributed by atoms with Gasteiger partial charge in [0.15, 0.2) is 0 Å². The maximum Gasteiger partial charge on any atom is 0.345 e. The van der Waals surface area contributed by atoms with E-state index in [1.807, 2.05) is 0 Å². The van der Waals surface area contributed by atoms with Gasteiger partial charge >= 0.3 is 5.97 Å². The van der Waals surface area contributed by atoms with Crippen LogP contribution in [0.15, 0.2) is 102 Å². The second-order valence-corrected chi connectivity index (χ2v) is 13.7. The number of carbonyl (C=O) groups is 3. The minimum Gasteiger partial charge on any atom is -0.506 e. The smallest absolute Gasteiger partial charge is 0.345 e. The number of phenolic OH excluding ortho intramolecular Hbond substituents is 1. The van der Waals surface area contributed by atoms with Crippen LogP contribution in [-0.2, 0) is 21.7 Å². The number of rotatable bonds is 15. The van der Waals surface area contributed by atoms with Crippen LogP contribution >= 0.6 is 0 Å². The average Bonchev–Trinajstić information content (AvgIpc) is 3.22. The van der Waals surface area contributed by atoms with Crippen LogP contribution in [0.4, 0.5) is 0 Å². The molecule has 0 aliphatic carbocycles. The highest BCUT2D eigenvalue weighted by molar-refractivity contribution is 5.99. The first-order valence-corrected chi connectivity index (χ1v) is 18.2. The van der Waals surface area contributed by atoms with Crippen LogP contribution in [0.2, 0.25) is 0 Å². The largest absolute Gasteiger partial charge is 0.506 e. The number of carboxylic acid groups (broad SMARTS) is 1. The maximum absolute atomic E-state index is 13.1. The Morgan fingerprint density at radius 3 is 2.43 bits per heavy atom. The third-order valence-corrected chi connectivity index (χ3v) is 10.0. The van der Waals surface area contributed by atoms with Gasteiger partial charge in [-0.3, -0.25) is 14.4 Å². The number of carboxylic acids is 1. The Kier molecular flexibility index (Phi) is 12.3. The molecule has 2 heterocycles. The quantitative estimate of drug-likeness (QED) is 0.0821. The van der Waals surface area contributed by atoms with Gasteiger partial charge in [-0.2, -0.15) is 0 Å². The molecular formula is C42H44N4O10. The molecule has 0 unspecified atom stereocenters. The van der Waals surface area contributed by atoms with Crippen molar-refractivity contribution in [2.75, 3.05) is 39.9 Å². The number of aromatic hydroxyl groups is 1. The minimum absolute atomic E-state index is 0.0909. The van der Waals surface area contributed by atoms with Crippen molar-refractivity contribution in [2.45, 2.75) is 31.1 Å². The number of pyridine rings is 1. The van der Waals surface area contributed by atoms with Crippen molar-refractivity contribution in [3.8, 4) is 17.2 Å². The van der Waals surface area contributed by atoms with E-state index < -0.39 is 23.6 Å². The van der Waals surface area contributed by atoms with Crippen molar-refractivity contribution in [3.63, 3.8) is 0 Å². The minimum atomic E-state index is -2.24. The second kappa shape index (κ2) is 17.5. The SMILES string of the molecule is COc1cc(CNC[C@H](O)c2ccc(O)c3[nH]c(=O)ccc23)ccc1C(=O)NCC(=O)N1CCC(COc2cccc([C@](O)(C(=O)O)c3ccccc3)c2)CC1. The number of aromatic nitrogens is 1. The number of hydrogen-bond donors (Lipinski definition) is 7. The van der Waals surface area contributed by atoms with Gasteiger partial charge in [0.05, 0.1) is 37.4 Å². The lowest BCUT2D eigenvalue weighted by molar-refractivity contribution is -0.155. The Labute approximate surface area is 322 Å². The van der Waals surface area contributed by atoms with E-state index in [0.717, 1.165) is 5.56 Å². The van der Waals surface area contributed by atoms with Gasteiger partial charge in [-0.05, 0) is 71.8 Å². The Morgan fingerprint density at radius 2 is 1.70 bits per heavy atom. The number of nitrogens with zero attached hydrogens (tertiary/aromatic N) is 1. The number of aliphatic hydroxyl groups is 2. The van der Waals surface area contributed by atoms with Gasteiger partial charge in [-0.25, -0.2) is 4.79 Å². The number of carbonyl (C=O) groups excluding carboxylic acids is 2. The number of methoxy groups -OCH3 is 1. The fraction of sp³-hybridized carbons (Fsp3) is 0.286. The highest BCUT2D eigenvalue weighted by atomic mass is 16.5. The number of likely N-dealkylation sites (tertiary alicyclic amines) is 1. The lowest BCUT2D eigenvalue weighted by Gasteiger charge is -2.32. The van der Waals surface area contributed by atoms with Crippen LogP contribution in [0.25, 0.3) is 10.9 Å². The van der Waals surface area contributed by atoms with E-state index in [1.165, 1.54) is 25.3 Å². The van der Waals surface area contributed by atoms with Crippen LogP contribution in [0, 0.1) is 5.92 Å². The number of aliphatic hydroxyl groups excluding tert-OH is 1. The Morgan fingerprint density at radius 1 is 0.946 bits per heavy atom. The molecule has 14 heteroatoms. The zero-order chi connectivity index (χ0) is 39.8. The van der Waals surface area contributed by atoms with Gasteiger partial charge < -0.3 is 50.4 Å². The lowest BCUT2D eigenvalue weighted by atomic mass is 9.86. The maximum atomic E-state index is 13.1. The van der Waals surface area contributed by atoms with E-state index in [9.17, 15) is 39.6 Å². The van der Waals surface area contributed by atoms with Gasteiger partial charge in [0, 0.05) is 43.2 Å². The van der Waals surface area contributed by atoms with Crippen LogP contribution < -0.4 is 25.7 Å². The van der Waals surface area contributed by atoms with E-state index in [-0.39, 0.29) is 58.4 Å². The molecule has 1 aromatic heterocycles. The summed E-state index contributed by atoms with van der Waals surface area (Å²) in [5.41, 5.74) is -0.351. The zero-order valence-corrected chi connectivity index (χ0v) is 30.7. The van der Waals surface area contributed by atoms with Gasteiger partial charge in [0.2, 0.25) is 17.1 Å². The van der Waals surface area contributed by atoms with Crippen molar-refractivity contribution in [3.05, 3.63) is 135 Å². The third-order valence-electron chi connectivity index (χ3n) is 10.0. The van der Waals surface area contributed by atoms with E-state index in [0.29, 0.717) is 61.5 Å². The lowest BCUT2D eigenvalue weighted by Crippen LogP contribution is -2.44. The van der Waals surface area contributed by atoms with E-state index in [4.69, 9.17) is 9.47 Å². The molecule has 7 N–H and O–H groups in total. The molecule has 1 fully saturated rings. The molecule has 0 saturated carbocycles. The average molecular weight is 765 g/mol. The number of hydrogen-bond acceptors (Lipinski definition) is 10. The van der Waals surface area contributed by atoms with Crippen LogP contribution in [0.1, 0.15) is 51.6 Å². The van der Waals surface area contributed by atoms with Crippen molar-refractivity contribution in [1.29, 1.82) is 0 Å². The summed E-state index contributed by atoms with van der Waals surface area (Å²) in [6, 6.07) is 25.6. The number of phenols is 1. The third kappa shape index (κ3) is 8.84. The molecule has 292 valence electrons. The first kappa shape index (κ1) is 39.5. The first-order chi connectivity index (χ1) is 27.0. The number of H-pyrrole nitrogens is 1. The molecule has 56 heavy (non-hydrogen) atoms. The number of ether oxygens (including phenoxy) is 2. The molecule has 4 aromatic carbocycles. The molecule has 2 atom stereocenters. The highest BCUT2D eigenvalue weighted by Gasteiger charge is 2.40. The molecule has 0 spiro atoms. The molecule has 1 saturated heterocycles. The van der Waals surface area contributed by atoms with Crippen LogP contribution in [0.5, 0.6) is 17.2 Å². The number of amides is 2. The second-order valence-electron chi connectivity index (χ2n) is 13.7. The topological polar surface area (TPSA) is 211 Å². The molecule has 5 aromatic rings. The summed E-state index contributed by atoms with van der Waals surface area (Å²) in [6.45, 7) is 1.64. The molecule has 14 nitrogen and oxygen atoms in total. The van der Waals surface area contributed by atoms with Gasteiger partial charge in [0.25, 0.3) is 5.91 Å². The summed E-state index contributed by atoms with van der Waals surface area (Å²) in [7, 11) is 1.45. The molecule has 1 aliphatic rings. The predicted molar refractivity (Wildman–Crippen MR) is 207 cm³/mol. The normalized spacial score (nSPS) is 14.8. The van der Waals surface area contributed by atoms with E-state index in [2.05, 4.69) is 15.6 Å². The molecule has 1 aliphatic heterocycles. The summed E-state index contributed by atoms with van der Waals surface area (Å²) in [4.78, 5) is 54.3. The van der Waals surface area contributed by atoms with Gasteiger partial charge in [0.1, 0.15) is 17.2 Å². The Hall–Kier alpha value is -6.22. The summed E-state index contributed by atoms with van der Waals surface area (Å²) in [5, 5.41) is 48.5. The summed E-state index contributed by atoms with van der Waals surface area (Å²) < 4.78 is 11.5. The number of aromatic amines is 1. The Balaban J connectivity index is 0.953. The molecular weight excluding hydrogens is 720 g/mol. The first-order valence-electron chi connectivity index (χ1n) is 18.2.